The molecule has 0 saturated heterocycles. The fourth-order valence-corrected chi connectivity index (χ4v) is 6.55. The number of unbranched alkanes of at least 4 members (excludes halogenated alkanes) is 1. The second-order valence-corrected chi connectivity index (χ2v) is 22.7. The molecule has 0 aromatic heterocycles. The highest BCUT2D eigenvalue weighted by atomic mass is 29.6. The van der Waals surface area contributed by atoms with Gasteiger partial charge in [0.2, 0.25) is 0 Å². The van der Waals surface area contributed by atoms with E-state index in [9.17, 15) is 8.92 Å². The lowest BCUT2D eigenvalue weighted by Crippen LogP contribution is -2.48. The molecule has 15 heavy (non-hydrogen) atoms. The van der Waals surface area contributed by atoms with Crippen LogP contribution in [0.3, 0.4) is 0 Å². The first-order valence-corrected chi connectivity index (χ1v) is 14.2. The quantitative estimate of drug-likeness (QED) is 0.454. The van der Waals surface area contributed by atoms with Crippen molar-refractivity contribution in [2.24, 2.45) is 0 Å². The summed E-state index contributed by atoms with van der Waals surface area (Å²) in [7, 11) is -3.60. The first-order chi connectivity index (χ1) is 7.04. The summed E-state index contributed by atoms with van der Waals surface area (Å²) >= 11 is 0. The molecule has 0 N–H and O–H groups in total. The van der Waals surface area contributed by atoms with E-state index in [0.29, 0.717) is 6.61 Å². The minimum absolute atomic E-state index is 0.162. The van der Waals surface area contributed by atoms with Gasteiger partial charge in [0.1, 0.15) is 7.11 Å². The van der Waals surface area contributed by atoms with Crippen molar-refractivity contribution in [2.45, 2.75) is 32.5 Å². The first kappa shape index (κ1) is 15.2. The second-order valence-electron chi connectivity index (χ2n) is 3.98. The standard InChI is InChI=1S/C7H18O4Si4/c1-14(15(2,3)13-9)11-7-5-4-6-10-12-8/h14H,4-7H2,1-3H3. The highest BCUT2D eigenvalue weighted by molar-refractivity contribution is 7.50. The van der Waals surface area contributed by atoms with E-state index in [1.165, 1.54) is 0 Å². The van der Waals surface area contributed by atoms with E-state index in [1.807, 2.05) is 0 Å². The van der Waals surface area contributed by atoms with Gasteiger partial charge in [-0.3, -0.25) is 0 Å². The fraction of sp³-hybridized carbons (Fsp3) is 1.00. The van der Waals surface area contributed by atoms with Crippen LogP contribution in [0.5, 0.6) is 0 Å². The van der Waals surface area contributed by atoms with Crippen molar-refractivity contribution >= 4 is 34.2 Å². The van der Waals surface area contributed by atoms with Gasteiger partial charge in [0.15, 0.2) is 8.56 Å². The highest BCUT2D eigenvalue weighted by Crippen LogP contribution is 2.05. The Morgan fingerprint density at radius 3 is 2.33 bits per heavy atom. The van der Waals surface area contributed by atoms with Crippen LogP contribution in [0.25, 0.3) is 0 Å². The van der Waals surface area contributed by atoms with E-state index in [1.54, 1.807) is 0 Å². The van der Waals surface area contributed by atoms with E-state index in [0.717, 1.165) is 19.4 Å². The van der Waals surface area contributed by atoms with Crippen molar-refractivity contribution in [3.8, 4) is 0 Å². The molecular formula is C7H18O4Si4. The Morgan fingerprint density at radius 1 is 1.20 bits per heavy atom. The molecule has 1 atom stereocenters. The summed E-state index contributed by atoms with van der Waals surface area (Å²) in [5.74, 6) is 0. The van der Waals surface area contributed by atoms with Gasteiger partial charge in [0.05, 0.1) is 6.61 Å². The van der Waals surface area contributed by atoms with Crippen LogP contribution in [0.1, 0.15) is 12.8 Å². The van der Waals surface area contributed by atoms with Crippen LogP contribution >= 0.6 is 0 Å². The van der Waals surface area contributed by atoms with E-state index in [-0.39, 0.29) is 8.92 Å². The van der Waals surface area contributed by atoms with Crippen molar-refractivity contribution in [1.29, 1.82) is 0 Å². The number of hydrogen-bond donors (Lipinski definition) is 0. The Balaban J connectivity index is 3.50. The Morgan fingerprint density at radius 2 is 1.80 bits per heavy atom. The molecule has 0 rings (SSSR count). The molecular weight excluding hydrogens is 260 g/mol. The minimum Gasteiger partial charge on any atom is -0.520 e. The summed E-state index contributed by atoms with van der Waals surface area (Å²) < 4.78 is 31.4. The molecule has 0 aromatic carbocycles. The molecule has 0 spiro atoms. The smallest absolute Gasteiger partial charge is 0.520 e. The summed E-state index contributed by atoms with van der Waals surface area (Å²) in [6.45, 7) is 7.63. The van der Waals surface area contributed by atoms with Gasteiger partial charge >= 0.3 is 18.6 Å². The largest absolute Gasteiger partial charge is 0.594 e. The Bertz CT molecular complexity index is 199. The van der Waals surface area contributed by atoms with Crippen molar-refractivity contribution in [2.75, 3.05) is 13.2 Å². The summed E-state index contributed by atoms with van der Waals surface area (Å²) in [6.07, 6.45) is 1.80. The number of hydrogen-bond acceptors (Lipinski definition) is 4. The molecule has 8 heteroatoms. The van der Waals surface area contributed by atoms with E-state index in [4.69, 9.17) is 8.85 Å². The number of rotatable bonds is 9. The maximum Gasteiger partial charge on any atom is 0.594 e. The van der Waals surface area contributed by atoms with Crippen molar-refractivity contribution in [1.82, 2.24) is 0 Å². The van der Waals surface area contributed by atoms with Gasteiger partial charge in [-0.2, -0.15) is 0 Å². The summed E-state index contributed by atoms with van der Waals surface area (Å²) in [4.78, 5) is 0. The van der Waals surface area contributed by atoms with Crippen molar-refractivity contribution < 1.29 is 17.8 Å². The summed E-state index contributed by atoms with van der Waals surface area (Å²) in [5, 5.41) is 0. The lowest BCUT2D eigenvalue weighted by Gasteiger charge is -2.21. The Labute approximate surface area is 97.9 Å². The lowest BCUT2D eigenvalue weighted by atomic mass is 10.3. The second kappa shape index (κ2) is 8.39. The molecule has 86 valence electrons. The molecule has 0 bridgehead atoms. The average Bonchev–Trinajstić information content (AvgIpc) is 2.22. The van der Waals surface area contributed by atoms with Crippen molar-refractivity contribution in [3.05, 3.63) is 0 Å². The summed E-state index contributed by atoms with van der Waals surface area (Å²) in [6, 6.07) is 0. The molecule has 0 saturated carbocycles. The van der Waals surface area contributed by atoms with E-state index in [2.05, 4.69) is 19.6 Å². The van der Waals surface area contributed by atoms with Crippen LogP contribution < -0.4 is 0 Å². The fourth-order valence-electron chi connectivity index (χ4n) is 0.869. The van der Waals surface area contributed by atoms with Gasteiger partial charge in [-0.1, -0.05) is 19.6 Å². The summed E-state index contributed by atoms with van der Waals surface area (Å²) in [5.41, 5.74) is 0. The highest BCUT2D eigenvalue weighted by Gasteiger charge is 2.32. The molecule has 0 aliphatic rings. The molecule has 0 amide bonds. The zero-order chi connectivity index (χ0) is 11.7. The van der Waals surface area contributed by atoms with Gasteiger partial charge in [-0.25, -0.2) is 0 Å². The lowest BCUT2D eigenvalue weighted by molar-refractivity contribution is 0.268. The zero-order valence-electron chi connectivity index (χ0n) is 9.54. The molecule has 0 aliphatic carbocycles. The molecule has 0 heterocycles. The normalized spacial score (nSPS) is 13.3. The molecule has 0 aliphatic heterocycles. The third-order valence-corrected chi connectivity index (χ3v) is 18.9. The predicted octanol–water partition coefficient (Wildman–Crippen LogP) is 0.451. The van der Waals surface area contributed by atoms with Gasteiger partial charge in [-0.15, -0.1) is 0 Å². The van der Waals surface area contributed by atoms with E-state index >= 15 is 0 Å². The topological polar surface area (TPSA) is 52.6 Å². The van der Waals surface area contributed by atoms with Crippen LogP contribution in [-0.2, 0) is 17.8 Å². The molecule has 2 radical (unpaired) electrons. The Hall–Kier alpha value is 0.228. The molecule has 4 nitrogen and oxygen atoms in total. The van der Waals surface area contributed by atoms with E-state index < -0.39 is 25.3 Å². The van der Waals surface area contributed by atoms with Crippen LogP contribution in [-0.4, -0.2) is 47.5 Å². The van der Waals surface area contributed by atoms with Gasteiger partial charge in [0.25, 0.3) is 0 Å². The van der Waals surface area contributed by atoms with Crippen molar-refractivity contribution in [3.63, 3.8) is 0 Å². The average molecular weight is 279 g/mol. The van der Waals surface area contributed by atoms with Gasteiger partial charge < -0.3 is 17.8 Å². The zero-order valence-corrected chi connectivity index (χ0v) is 13.7. The van der Waals surface area contributed by atoms with Crippen LogP contribution in [0.4, 0.5) is 0 Å². The SMILES string of the molecule is C[SiH](OCCCCO[Si]=O)[Si](C)(C)[Si]=O. The third-order valence-electron chi connectivity index (χ3n) is 2.35. The molecule has 0 aromatic rings. The maximum atomic E-state index is 11.0. The predicted molar refractivity (Wildman–Crippen MR) is 64.5 cm³/mol. The monoisotopic (exact) mass is 278 g/mol. The maximum absolute atomic E-state index is 11.0. The Kier molecular flexibility index (Phi) is 8.51. The first-order valence-electron chi connectivity index (χ1n) is 5.04. The minimum atomic E-state index is -1.55. The molecule has 1 unspecified atom stereocenters. The third kappa shape index (κ3) is 7.17. The van der Waals surface area contributed by atoms with Crippen LogP contribution in [0, 0.1) is 0 Å². The van der Waals surface area contributed by atoms with Gasteiger partial charge in [-0.05, 0) is 12.8 Å². The van der Waals surface area contributed by atoms with Crippen LogP contribution in [0.15, 0.2) is 0 Å². The van der Waals surface area contributed by atoms with Crippen LogP contribution in [0.2, 0.25) is 19.6 Å². The van der Waals surface area contributed by atoms with Gasteiger partial charge in [0, 0.05) is 6.61 Å². The molecule has 0 fully saturated rings.